The Balaban J connectivity index is 1.43. The molecule has 0 saturated carbocycles. The highest BCUT2D eigenvalue weighted by atomic mass is 19.1. The number of benzene rings is 2. The number of hydrogen-bond donors (Lipinski definition) is 3. The number of fused-ring (bicyclic) bond motifs is 2. The second-order valence-electron chi connectivity index (χ2n) is 8.34. The zero-order chi connectivity index (χ0) is 22.1. The van der Waals surface area contributed by atoms with Crippen LogP contribution in [0.5, 0.6) is 0 Å². The first kappa shape index (κ1) is 19.9. The molecule has 7 nitrogen and oxygen atoms in total. The number of aromatic amines is 1. The lowest BCUT2D eigenvalue weighted by Crippen LogP contribution is -2.34. The molecule has 0 bridgehead atoms. The number of H-pyrrole nitrogens is 1. The van der Waals surface area contributed by atoms with Crippen LogP contribution in [0.15, 0.2) is 67.1 Å². The van der Waals surface area contributed by atoms with Crippen LogP contribution in [0.1, 0.15) is 19.4 Å². The molecule has 0 aliphatic carbocycles. The molecule has 0 saturated heterocycles. The van der Waals surface area contributed by atoms with Gasteiger partial charge in [0.2, 0.25) is 5.95 Å². The van der Waals surface area contributed by atoms with E-state index >= 15 is 0 Å². The van der Waals surface area contributed by atoms with Crippen LogP contribution in [0.3, 0.4) is 0 Å². The number of nitrogens with zero attached hydrogens (tertiary/aromatic N) is 4. The molecule has 160 valence electrons. The molecule has 0 fully saturated rings. The quantitative estimate of drug-likeness (QED) is 0.344. The standard InChI is InChI=1S/C24H22FN7/c1-24(2,13-15-5-7-17(25)8-6-15)32-22-20-21(28-14-27-20)30-23(31-22)29-18-9-10-19-16(12-18)4-3-11-26-19/h3-12,14H,13H2,1-2H3,(H3,27,28,29,30,31,32). The van der Waals surface area contributed by atoms with Gasteiger partial charge in [-0.15, -0.1) is 0 Å². The van der Waals surface area contributed by atoms with Crippen molar-refractivity contribution < 1.29 is 4.39 Å². The summed E-state index contributed by atoms with van der Waals surface area (Å²) in [5.41, 5.74) is 3.75. The summed E-state index contributed by atoms with van der Waals surface area (Å²) < 4.78 is 13.3. The van der Waals surface area contributed by atoms with Crippen molar-refractivity contribution >= 4 is 39.5 Å². The highest BCUT2D eigenvalue weighted by Gasteiger charge is 2.22. The van der Waals surface area contributed by atoms with Crippen molar-refractivity contribution in [3.8, 4) is 0 Å². The number of anilines is 3. The minimum absolute atomic E-state index is 0.241. The maximum atomic E-state index is 13.3. The predicted molar refractivity (Wildman–Crippen MR) is 125 cm³/mol. The van der Waals surface area contributed by atoms with E-state index in [4.69, 9.17) is 4.98 Å². The number of nitrogens with one attached hydrogen (secondary N) is 3. The topological polar surface area (TPSA) is 91.4 Å². The summed E-state index contributed by atoms with van der Waals surface area (Å²) in [5, 5.41) is 7.80. The summed E-state index contributed by atoms with van der Waals surface area (Å²) in [5.74, 6) is 0.840. The summed E-state index contributed by atoms with van der Waals surface area (Å²) in [6.07, 6.45) is 4.06. The van der Waals surface area contributed by atoms with E-state index in [1.807, 2.05) is 30.3 Å². The van der Waals surface area contributed by atoms with Gasteiger partial charge in [-0.1, -0.05) is 18.2 Å². The Morgan fingerprint density at radius 1 is 1.00 bits per heavy atom. The highest BCUT2D eigenvalue weighted by Crippen LogP contribution is 2.26. The molecule has 3 heterocycles. The fourth-order valence-electron chi connectivity index (χ4n) is 3.74. The molecule has 32 heavy (non-hydrogen) atoms. The van der Waals surface area contributed by atoms with Crippen molar-refractivity contribution in [2.24, 2.45) is 0 Å². The van der Waals surface area contributed by atoms with E-state index in [0.29, 0.717) is 23.8 Å². The third-order valence-corrected chi connectivity index (χ3v) is 5.16. The Hall–Kier alpha value is -4.07. The lowest BCUT2D eigenvalue weighted by Gasteiger charge is -2.27. The van der Waals surface area contributed by atoms with Gasteiger partial charge in [0.05, 0.1) is 11.8 Å². The van der Waals surface area contributed by atoms with Gasteiger partial charge in [0.25, 0.3) is 0 Å². The van der Waals surface area contributed by atoms with E-state index in [2.05, 4.69) is 44.4 Å². The Kier molecular flexibility index (Phi) is 4.89. The van der Waals surface area contributed by atoms with E-state index in [-0.39, 0.29) is 11.4 Å². The van der Waals surface area contributed by atoms with E-state index in [9.17, 15) is 4.39 Å². The van der Waals surface area contributed by atoms with E-state index < -0.39 is 0 Å². The fourth-order valence-corrected chi connectivity index (χ4v) is 3.74. The van der Waals surface area contributed by atoms with Crippen LogP contribution in [0, 0.1) is 5.82 Å². The van der Waals surface area contributed by atoms with Crippen LogP contribution in [-0.2, 0) is 6.42 Å². The average molecular weight is 427 g/mol. The van der Waals surface area contributed by atoms with Crippen molar-refractivity contribution in [1.82, 2.24) is 24.9 Å². The van der Waals surface area contributed by atoms with Gasteiger partial charge in [-0.25, -0.2) is 9.37 Å². The summed E-state index contributed by atoms with van der Waals surface area (Å²) in [7, 11) is 0. The fraction of sp³-hybridized carbons (Fsp3) is 0.167. The zero-order valence-electron chi connectivity index (χ0n) is 17.7. The maximum Gasteiger partial charge on any atom is 0.231 e. The smallest absolute Gasteiger partial charge is 0.231 e. The normalized spacial score (nSPS) is 11.7. The van der Waals surface area contributed by atoms with Gasteiger partial charge in [-0.05, 0) is 62.2 Å². The van der Waals surface area contributed by atoms with Gasteiger partial charge in [0, 0.05) is 22.8 Å². The number of pyridine rings is 1. The first-order chi connectivity index (χ1) is 15.4. The van der Waals surface area contributed by atoms with E-state index in [1.54, 1.807) is 24.7 Å². The lowest BCUT2D eigenvalue weighted by molar-refractivity contribution is 0.560. The molecular weight excluding hydrogens is 405 g/mol. The predicted octanol–water partition coefficient (Wildman–Crippen LogP) is 5.22. The summed E-state index contributed by atoms with van der Waals surface area (Å²) in [6, 6.07) is 16.4. The first-order valence-electron chi connectivity index (χ1n) is 10.3. The van der Waals surface area contributed by atoms with Crippen LogP contribution < -0.4 is 10.6 Å². The van der Waals surface area contributed by atoms with Crippen LogP contribution in [0.2, 0.25) is 0 Å². The highest BCUT2D eigenvalue weighted by molar-refractivity contribution is 5.86. The van der Waals surface area contributed by atoms with Gasteiger partial charge < -0.3 is 15.6 Å². The molecule has 0 spiro atoms. The molecule has 5 aromatic rings. The van der Waals surface area contributed by atoms with E-state index in [0.717, 1.165) is 27.7 Å². The van der Waals surface area contributed by atoms with Gasteiger partial charge in [0.1, 0.15) is 11.3 Å². The zero-order valence-corrected chi connectivity index (χ0v) is 17.7. The summed E-state index contributed by atoms with van der Waals surface area (Å²) in [6.45, 7) is 4.15. The molecule has 0 aliphatic heterocycles. The maximum absolute atomic E-state index is 13.3. The monoisotopic (exact) mass is 427 g/mol. The number of rotatable bonds is 6. The first-order valence-corrected chi connectivity index (χ1v) is 10.3. The van der Waals surface area contributed by atoms with Crippen LogP contribution in [0.4, 0.5) is 21.8 Å². The van der Waals surface area contributed by atoms with Crippen molar-refractivity contribution in [1.29, 1.82) is 0 Å². The van der Waals surface area contributed by atoms with E-state index in [1.165, 1.54) is 12.1 Å². The molecular formula is C24H22FN7. The number of aromatic nitrogens is 5. The molecule has 2 aromatic carbocycles. The van der Waals surface area contributed by atoms with Crippen molar-refractivity contribution in [2.75, 3.05) is 10.6 Å². The average Bonchev–Trinajstić information content (AvgIpc) is 3.24. The van der Waals surface area contributed by atoms with Crippen LogP contribution in [-0.4, -0.2) is 30.5 Å². The molecule has 5 rings (SSSR count). The third kappa shape index (κ3) is 4.20. The second-order valence-corrected chi connectivity index (χ2v) is 8.34. The summed E-state index contributed by atoms with van der Waals surface area (Å²) >= 11 is 0. The van der Waals surface area contributed by atoms with Crippen molar-refractivity contribution in [3.63, 3.8) is 0 Å². The Bertz CT molecular complexity index is 1390. The SMILES string of the molecule is CC(C)(Cc1ccc(F)cc1)Nc1nc(Nc2ccc3ncccc3c2)nc2nc[nH]c12. The van der Waals surface area contributed by atoms with Gasteiger partial charge >= 0.3 is 0 Å². The lowest BCUT2D eigenvalue weighted by atomic mass is 9.95. The van der Waals surface area contributed by atoms with Crippen molar-refractivity contribution in [3.05, 3.63) is 78.5 Å². The van der Waals surface area contributed by atoms with Gasteiger partial charge in [0.15, 0.2) is 11.5 Å². The van der Waals surface area contributed by atoms with Crippen LogP contribution >= 0.6 is 0 Å². The third-order valence-electron chi connectivity index (χ3n) is 5.16. The molecule has 0 aliphatic rings. The molecule has 3 aromatic heterocycles. The Morgan fingerprint density at radius 3 is 2.69 bits per heavy atom. The molecule has 0 radical (unpaired) electrons. The molecule has 0 atom stereocenters. The second kappa shape index (κ2) is 7.88. The molecule has 0 amide bonds. The Labute approximate surface area is 184 Å². The van der Waals surface area contributed by atoms with Gasteiger partial charge in [-0.3, -0.25) is 4.98 Å². The summed E-state index contributed by atoms with van der Waals surface area (Å²) in [4.78, 5) is 21.0. The van der Waals surface area contributed by atoms with Crippen molar-refractivity contribution in [2.45, 2.75) is 25.8 Å². The minimum atomic E-state index is -0.351. The minimum Gasteiger partial charge on any atom is -0.363 e. The molecule has 8 heteroatoms. The molecule has 3 N–H and O–H groups in total. The number of halogens is 1. The number of hydrogen-bond acceptors (Lipinski definition) is 6. The van der Waals surface area contributed by atoms with Gasteiger partial charge in [-0.2, -0.15) is 9.97 Å². The Morgan fingerprint density at radius 2 is 1.84 bits per heavy atom. The van der Waals surface area contributed by atoms with Crippen LogP contribution in [0.25, 0.3) is 22.1 Å². The number of imidazole rings is 1. The largest absolute Gasteiger partial charge is 0.363 e. The molecule has 0 unspecified atom stereocenters.